The number of rotatable bonds is 11. The van der Waals surface area contributed by atoms with E-state index in [-0.39, 0.29) is 0 Å². The van der Waals surface area contributed by atoms with E-state index in [2.05, 4.69) is 42.1 Å². The summed E-state index contributed by atoms with van der Waals surface area (Å²) in [5, 5.41) is 8.12. The van der Waals surface area contributed by atoms with Gasteiger partial charge in [0.1, 0.15) is 0 Å². The lowest BCUT2D eigenvalue weighted by atomic mass is 10.0. The number of nitrogens with zero attached hydrogens (tertiary/aromatic N) is 2. The van der Waals surface area contributed by atoms with Crippen molar-refractivity contribution >= 4 is 0 Å². The van der Waals surface area contributed by atoms with Crippen LogP contribution >= 0.6 is 0 Å². The van der Waals surface area contributed by atoms with E-state index in [0.29, 0.717) is 6.04 Å². The second-order valence-electron chi connectivity index (χ2n) is 5.39. The molecule has 1 heterocycles. The van der Waals surface area contributed by atoms with Gasteiger partial charge in [-0.25, -0.2) is 0 Å². The van der Waals surface area contributed by atoms with Gasteiger partial charge in [0.15, 0.2) is 0 Å². The Morgan fingerprint density at radius 2 is 1.95 bits per heavy atom. The molecule has 3 heteroatoms. The molecule has 0 radical (unpaired) electrons. The third-order valence-electron chi connectivity index (χ3n) is 3.50. The van der Waals surface area contributed by atoms with E-state index in [4.69, 9.17) is 0 Å². The lowest BCUT2D eigenvalue weighted by Gasteiger charge is -2.17. The van der Waals surface area contributed by atoms with Crippen LogP contribution in [-0.4, -0.2) is 16.3 Å². The fourth-order valence-electron chi connectivity index (χ4n) is 2.39. The van der Waals surface area contributed by atoms with E-state index in [0.717, 1.165) is 19.5 Å². The van der Waals surface area contributed by atoms with Gasteiger partial charge in [-0.05, 0) is 25.8 Å². The van der Waals surface area contributed by atoms with Crippen molar-refractivity contribution in [3.63, 3.8) is 0 Å². The predicted molar refractivity (Wildman–Crippen MR) is 82.3 cm³/mol. The minimum atomic E-state index is 0.488. The van der Waals surface area contributed by atoms with E-state index < -0.39 is 0 Å². The van der Waals surface area contributed by atoms with Gasteiger partial charge in [-0.2, -0.15) is 5.10 Å². The lowest BCUT2D eigenvalue weighted by Crippen LogP contribution is -2.21. The van der Waals surface area contributed by atoms with Crippen LogP contribution in [0.25, 0.3) is 0 Å². The molecule has 1 aromatic rings. The number of unbranched alkanes of at least 4 members (excludes halogenated alkanes) is 3. The standard InChI is InChI=1S/C16H31N3/c1-4-7-8-9-10-16(17-11-5-2)15-13-18-19(14-15)12-6-3/h13-14,16-17H,4-12H2,1-3H3. The Bertz CT molecular complexity index is 320. The summed E-state index contributed by atoms with van der Waals surface area (Å²) in [6, 6.07) is 0.488. The maximum absolute atomic E-state index is 4.46. The van der Waals surface area contributed by atoms with E-state index in [1.807, 2.05) is 6.20 Å². The number of nitrogens with one attached hydrogen (secondary N) is 1. The Labute approximate surface area is 118 Å². The van der Waals surface area contributed by atoms with Crippen LogP contribution < -0.4 is 5.32 Å². The number of aryl methyl sites for hydroxylation is 1. The van der Waals surface area contributed by atoms with E-state index in [1.165, 1.54) is 44.1 Å². The quantitative estimate of drug-likeness (QED) is 0.604. The Morgan fingerprint density at radius 3 is 2.63 bits per heavy atom. The predicted octanol–water partition coefficient (Wildman–Crippen LogP) is 4.30. The van der Waals surface area contributed by atoms with Gasteiger partial charge >= 0.3 is 0 Å². The molecule has 0 saturated carbocycles. The number of aromatic nitrogens is 2. The maximum atomic E-state index is 4.46. The SMILES string of the molecule is CCCCCCC(NCCC)c1cnn(CCC)c1. The summed E-state index contributed by atoms with van der Waals surface area (Å²) in [5.74, 6) is 0. The van der Waals surface area contributed by atoms with Gasteiger partial charge in [0, 0.05) is 24.3 Å². The molecule has 0 aliphatic rings. The molecular formula is C16H31N3. The van der Waals surface area contributed by atoms with Crippen LogP contribution in [-0.2, 0) is 6.54 Å². The zero-order valence-electron chi connectivity index (χ0n) is 13.0. The molecule has 19 heavy (non-hydrogen) atoms. The van der Waals surface area contributed by atoms with Crippen molar-refractivity contribution in [1.29, 1.82) is 0 Å². The summed E-state index contributed by atoms with van der Waals surface area (Å²) >= 11 is 0. The van der Waals surface area contributed by atoms with Crippen molar-refractivity contribution in [2.75, 3.05) is 6.54 Å². The molecule has 0 fully saturated rings. The van der Waals surface area contributed by atoms with Gasteiger partial charge in [-0.1, -0.05) is 46.5 Å². The largest absolute Gasteiger partial charge is 0.310 e. The monoisotopic (exact) mass is 265 g/mol. The molecule has 0 aliphatic carbocycles. The summed E-state index contributed by atoms with van der Waals surface area (Å²) in [4.78, 5) is 0. The molecule has 0 bridgehead atoms. The molecule has 0 spiro atoms. The molecule has 1 aromatic heterocycles. The summed E-state index contributed by atoms with van der Waals surface area (Å²) < 4.78 is 2.07. The second kappa shape index (κ2) is 10.0. The summed E-state index contributed by atoms with van der Waals surface area (Å²) in [5.41, 5.74) is 1.36. The zero-order valence-corrected chi connectivity index (χ0v) is 13.0. The summed E-state index contributed by atoms with van der Waals surface area (Å²) in [6.07, 6.45) is 13.2. The molecule has 1 unspecified atom stereocenters. The smallest absolute Gasteiger partial charge is 0.0537 e. The van der Waals surface area contributed by atoms with Crippen LogP contribution in [0.2, 0.25) is 0 Å². The first-order chi connectivity index (χ1) is 9.31. The van der Waals surface area contributed by atoms with E-state index in [9.17, 15) is 0 Å². The molecule has 0 aromatic carbocycles. The van der Waals surface area contributed by atoms with Crippen LogP contribution in [0.3, 0.4) is 0 Å². The molecule has 110 valence electrons. The highest BCUT2D eigenvalue weighted by molar-refractivity contribution is 5.10. The highest BCUT2D eigenvalue weighted by Crippen LogP contribution is 2.20. The molecule has 0 aliphatic heterocycles. The van der Waals surface area contributed by atoms with Crippen LogP contribution in [0.15, 0.2) is 12.4 Å². The first-order valence-corrected chi connectivity index (χ1v) is 8.07. The molecule has 1 N–H and O–H groups in total. The Balaban J connectivity index is 2.50. The average Bonchev–Trinajstić information content (AvgIpc) is 2.87. The number of hydrogen-bond donors (Lipinski definition) is 1. The van der Waals surface area contributed by atoms with Gasteiger partial charge in [0.25, 0.3) is 0 Å². The van der Waals surface area contributed by atoms with Crippen molar-refractivity contribution in [2.45, 2.75) is 78.3 Å². The van der Waals surface area contributed by atoms with Gasteiger partial charge in [-0.3, -0.25) is 4.68 Å². The molecule has 0 amide bonds. The van der Waals surface area contributed by atoms with Crippen molar-refractivity contribution in [1.82, 2.24) is 15.1 Å². The van der Waals surface area contributed by atoms with E-state index in [1.54, 1.807) is 0 Å². The topological polar surface area (TPSA) is 29.9 Å². The molecular weight excluding hydrogens is 234 g/mol. The minimum absolute atomic E-state index is 0.488. The maximum Gasteiger partial charge on any atom is 0.0537 e. The van der Waals surface area contributed by atoms with Crippen molar-refractivity contribution in [2.24, 2.45) is 0 Å². The Kier molecular flexibility index (Phi) is 8.55. The van der Waals surface area contributed by atoms with Gasteiger partial charge in [-0.15, -0.1) is 0 Å². The lowest BCUT2D eigenvalue weighted by molar-refractivity contribution is 0.469. The van der Waals surface area contributed by atoms with Gasteiger partial charge < -0.3 is 5.32 Å². The highest BCUT2D eigenvalue weighted by atomic mass is 15.3. The van der Waals surface area contributed by atoms with Crippen LogP contribution in [0.1, 0.15) is 77.3 Å². The van der Waals surface area contributed by atoms with Gasteiger partial charge in [0.2, 0.25) is 0 Å². The minimum Gasteiger partial charge on any atom is -0.310 e. The van der Waals surface area contributed by atoms with Crippen molar-refractivity contribution in [3.8, 4) is 0 Å². The Morgan fingerprint density at radius 1 is 1.11 bits per heavy atom. The first-order valence-electron chi connectivity index (χ1n) is 8.07. The third kappa shape index (κ3) is 6.24. The van der Waals surface area contributed by atoms with Crippen molar-refractivity contribution in [3.05, 3.63) is 18.0 Å². The average molecular weight is 265 g/mol. The molecule has 1 rings (SSSR count). The molecule has 3 nitrogen and oxygen atoms in total. The molecule has 0 saturated heterocycles. The van der Waals surface area contributed by atoms with Crippen molar-refractivity contribution < 1.29 is 0 Å². The van der Waals surface area contributed by atoms with Crippen LogP contribution in [0.5, 0.6) is 0 Å². The van der Waals surface area contributed by atoms with Crippen LogP contribution in [0.4, 0.5) is 0 Å². The summed E-state index contributed by atoms with van der Waals surface area (Å²) in [6.45, 7) is 8.80. The fourth-order valence-corrected chi connectivity index (χ4v) is 2.39. The third-order valence-corrected chi connectivity index (χ3v) is 3.50. The molecule has 1 atom stereocenters. The second-order valence-corrected chi connectivity index (χ2v) is 5.39. The number of hydrogen-bond acceptors (Lipinski definition) is 2. The first kappa shape index (κ1) is 16.2. The highest BCUT2D eigenvalue weighted by Gasteiger charge is 2.12. The Hall–Kier alpha value is -0.830. The fraction of sp³-hybridized carbons (Fsp3) is 0.812. The van der Waals surface area contributed by atoms with E-state index >= 15 is 0 Å². The van der Waals surface area contributed by atoms with Crippen LogP contribution in [0, 0.1) is 0 Å². The normalized spacial score (nSPS) is 12.8. The summed E-state index contributed by atoms with van der Waals surface area (Å²) in [7, 11) is 0. The zero-order chi connectivity index (χ0) is 13.9. The van der Waals surface area contributed by atoms with Gasteiger partial charge in [0.05, 0.1) is 6.20 Å².